The molecular weight excluding hydrogens is 553 g/mol. The number of halogens is 3. The highest BCUT2D eigenvalue weighted by Crippen LogP contribution is 2.59. The van der Waals surface area contributed by atoms with Crippen LogP contribution in [0.1, 0.15) is 48.7 Å². The number of carbonyl (C=O) groups excluding carboxylic acids is 3. The van der Waals surface area contributed by atoms with Gasteiger partial charge in [0.2, 0.25) is 11.8 Å². The summed E-state index contributed by atoms with van der Waals surface area (Å²) in [6, 6.07) is 4.27. The van der Waals surface area contributed by atoms with Crippen LogP contribution in [0.15, 0.2) is 43.0 Å². The third-order valence-electron chi connectivity index (χ3n) is 7.89. The summed E-state index contributed by atoms with van der Waals surface area (Å²) in [6.07, 6.45) is 1.28. The summed E-state index contributed by atoms with van der Waals surface area (Å²) in [7, 11) is 0. The first-order valence-corrected chi connectivity index (χ1v) is 13.2. The fourth-order valence-corrected chi connectivity index (χ4v) is 5.62. The maximum absolute atomic E-state index is 13.7. The molecule has 1 aromatic carbocycles. The number of aryl methyl sites for hydroxylation is 1. The van der Waals surface area contributed by atoms with Gasteiger partial charge in [-0.15, -0.1) is 0 Å². The zero-order valence-corrected chi connectivity index (χ0v) is 22.8. The van der Waals surface area contributed by atoms with Gasteiger partial charge in [-0.25, -0.2) is 15.0 Å². The van der Waals surface area contributed by atoms with Crippen LogP contribution in [0.2, 0.25) is 0 Å². The van der Waals surface area contributed by atoms with Crippen molar-refractivity contribution in [3.63, 3.8) is 0 Å². The maximum atomic E-state index is 13.7. The largest absolute Gasteiger partial charge is 0.434 e. The van der Waals surface area contributed by atoms with E-state index < -0.39 is 29.7 Å². The van der Waals surface area contributed by atoms with Gasteiger partial charge < -0.3 is 10.2 Å². The van der Waals surface area contributed by atoms with E-state index in [-0.39, 0.29) is 35.3 Å². The number of carbonyl (C=O) groups is 3. The minimum atomic E-state index is -4.72. The number of hydrogen-bond donors (Lipinski definition) is 1. The second-order valence-corrected chi connectivity index (χ2v) is 11.0. The quantitative estimate of drug-likeness (QED) is 0.341. The molecule has 1 aliphatic carbocycles. The number of ketones is 1. The molecule has 11 nitrogen and oxygen atoms in total. The Morgan fingerprint density at radius 3 is 2.50 bits per heavy atom. The highest BCUT2D eigenvalue weighted by molar-refractivity contribution is 6.06. The highest BCUT2D eigenvalue weighted by atomic mass is 19.4. The van der Waals surface area contributed by atoms with Crippen molar-refractivity contribution in [1.82, 2.24) is 34.6 Å². The summed E-state index contributed by atoms with van der Waals surface area (Å²) < 4.78 is 40.7. The molecule has 1 N–H and O–H groups in total. The molecule has 2 fully saturated rings. The Kier molecular flexibility index (Phi) is 6.31. The molecule has 4 aromatic rings. The van der Waals surface area contributed by atoms with Crippen molar-refractivity contribution < 1.29 is 27.6 Å². The summed E-state index contributed by atoms with van der Waals surface area (Å²) >= 11 is 0. The third kappa shape index (κ3) is 4.86. The summed E-state index contributed by atoms with van der Waals surface area (Å²) in [6.45, 7) is 4.89. The molecule has 3 aromatic heterocycles. The predicted molar refractivity (Wildman–Crippen MR) is 143 cm³/mol. The van der Waals surface area contributed by atoms with Gasteiger partial charge in [-0.2, -0.15) is 18.3 Å². The molecular formula is C28H25F3N8O3. The molecule has 2 aliphatic rings. The fourth-order valence-electron chi connectivity index (χ4n) is 5.62. The average molecular weight is 579 g/mol. The zero-order valence-electron chi connectivity index (χ0n) is 22.8. The van der Waals surface area contributed by atoms with Crippen LogP contribution in [0.5, 0.6) is 0 Å². The molecule has 6 rings (SSSR count). The number of nitrogens with one attached hydrogen (secondary N) is 1. The Morgan fingerprint density at radius 2 is 1.81 bits per heavy atom. The number of nitrogens with zero attached hydrogens (tertiary/aromatic N) is 7. The minimum Gasteiger partial charge on any atom is -0.325 e. The van der Waals surface area contributed by atoms with Crippen LogP contribution in [-0.2, 0) is 22.3 Å². The van der Waals surface area contributed by atoms with Gasteiger partial charge in [0.1, 0.15) is 24.1 Å². The van der Waals surface area contributed by atoms with Crippen LogP contribution in [0.3, 0.4) is 0 Å². The number of aromatic nitrogens is 6. The van der Waals surface area contributed by atoms with E-state index in [1.54, 1.807) is 31.5 Å². The van der Waals surface area contributed by atoms with E-state index in [0.29, 0.717) is 35.8 Å². The van der Waals surface area contributed by atoms with Gasteiger partial charge in [-0.1, -0.05) is 13.0 Å². The Labute approximate surface area is 237 Å². The molecule has 0 radical (unpaired) electrons. The van der Waals surface area contributed by atoms with Crippen molar-refractivity contribution in [1.29, 1.82) is 0 Å². The lowest BCUT2D eigenvalue weighted by atomic mass is 10.0. The summed E-state index contributed by atoms with van der Waals surface area (Å²) in [4.78, 5) is 56.3. The average Bonchev–Trinajstić information content (AvgIpc) is 3.30. The number of benzene rings is 1. The van der Waals surface area contributed by atoms with E-state index in [4.69, 9.17) is 0 Å². The summed E-state index contributed by atoms with van der Waals surface area (Å²) in [5, 5.41) is 7.39. The third-order valence-corrected chi connectivity index (χ3v) is 7.89. The molecule has 42 heavy (non-hydrogen) atoms. The van der Waals surface area contributed by atoms with Crippen molar-refractivity contribution >= 4 is 34.3 Å². The van der Waals surface area contributed by atoms with Crippen LogP contribution in [0.4, 0.5) is 19.0 Å². The molecule has 14 heteroatoms. The molecule has 2 amide bonds. The topological polar surface area (TPSA) is 136 Å². The fraction of sp³-hybridized carbons (Fsp3) is 0.357. The number of Topliss-reactive ketones (excluding diaryl/α,β-unsaturated/α-hetero) is 1. The molecule has 216 valence electrons. The van der Waals surface area contributed by atoms with Gasteiger partial charge in [0.05, 0.1) is 17.9 Å². The van der Waals surface area contributed by atoms with Crippen molar-refractivity contribution in [3.8, 4) is 11.1 Å². The second-order valence-electron chi connectivity index (χ2n) is 11.0. The molecule has 1 saturated carbocycles. The first kappa shape index (κ1) is 27.4. The van der Waals surface area contributed by atoms with E-state index in [2.05, 4.69) is 30.4 Å². The first-order chi connectivity index (χ1) is 19.8. The molecule has 0 spiro atoms. The number of rotatable bonds is 6. The summed E-state index contributed by atoms with van der Waals surface area (Å²) in [5.74, 6) is -1.05. The number of hydrogen-bond acceptors (Lipinski definition) is 8. The van der Waals surface area contributed by atoms with Crippen molar-refractivity contribution in [2.45, 2.75) is 58.4 Å². The Morgan fingerprint density at radius 1 is 1.07 bits per heavy atom. The van der Waals surface area contributed by atoms with E-state index in [1.165, 1.54) is 16.5 Å². The lowest BCUT2D eigenvalue weighted by molar-refractivity contribution is -0.141. The SMILES string of the molecule is CC(=O)c1nn(CC(=O)N2[C@H](C(=O)Nc3cncc(C(F)(F)F)n3)C[C@@]3(C)C[C@@H]23)c2ccc(-c3cnc(C)nc3)cc12. The summed E-state index contributed by atoms with van der Waals surface area (Å²) in [5.41, 5.74) is 0.771. The Bertz CT molecular complexity index is 1750. The van der Waals surface area contributed by atoms with Crippen molar-refractivity contribution in [2.24, 2.45) is 5.41 Å². The van der Waals surface area contributed by atoms with E-state index in [9.17, 15) is 27.6 Å². The smallest absolute Gasteiger partial charge is 0.325 e. The van der Waals surface area contributed by atoms with Crippen LogP contribution in [0, 0.1) is 12.3 Å². The van der Waals surface area contributed by atoms with Crippen LogP contribution >= 0.6 is 0 Å². The number of anilines is 1. The molecule has 0 bridgehead atoms. The first-order valence-electron chi connectivity index (χ1n) is 13.2. The van der Waals surface area contributed by atoms with Gasteiger partial charge >= 0.3 is 6.18 Å². The minimum absolute atomic E-state index is 0.197. The van der Waals surface area contributed by atoms with Crippen LogP contribution in [-0.4, -0.2) is 64.3 Å². The molecule has 1 aliphatic heterocycles. The number of amides is 2. The second kappa shape index (κ2) is 9.67. The van der Waals surface area contributed by atoms with Crippen LogP contribution in [0.25, 0.3) is 22.0 Å². The maximum Gasteiger partial charge on any atom is 0.434 e. The van der Waals surface area contributed by atoms with Crippen molar-refractivity contribution in [3.05, 3.63) is 60.2 Å². The highest BCUT2D eigenvalue weighted by Gasteiger charge is 2.64. The predicted octanol–water partition coefficient (Wildman–Crippen LogP) is 3.83. The van der Waals surface area contributed by atoms with Gasteiger partial charge in [-0.3, -0.25) is 24.0 Å². The van der Waals surface area contributed by atoms with Gasteiger partial charge in [0.15, 0.2) is 17.3 Å². The molecule has 1 saturated heterocycles. The Balaban J connectivity index is 1.27. The molecule has 3 atom stereocenters. The number of fused-ring (bicyclic) bond motifs is 2. The van der Waals surface area contributed by atoms with Crippen molar-refractivity contribution in [2.75, 3.05) is 5.32 Å². The zero-order chi connectivity index (χ0) is 30.0. The lowest BCUT2D eigenvalue weighted by Gasteiger charge is -2.26. The normalized spacial score (nSPS) is 21.3. The standard InChI is InChI=1S/C28H25F3N8O3/c1-14(40)25-18-6-16(17-9-33-15(2)34-10-17)4-5-19(18)38(37-25)13-24(41)39-20(7-27(3)8-22(27)39)26(42)36-23-12-32-11-21(35-23)28(29,30)31/h4-6,9-12,20,22H,7-8,13H2,1-3H3,(H,35,36,42)/t20-,22+,27-/m0/s1. The van der Waals surface area contributed by atoms with E-state index >= 15 is 0 Å². The van der Waals surface area contributed by atoms with E-state index in [0.717, 1.165) is 17.3 Å². The molecule has 4 heterocycles. The number of likely N-dealkylation sites (tertiary alicyclic amines) is 1. The Hall–Kier alpha value is -4.75. The monoisotopic (exact) mass is 578 g/mol. The lowest BCUT2D eigenvalue weighted by Crippen LogP contribution is -2.46. The number of piperidine rings is 1. The van der Waals surface area contributed by atoms with Gasteiger partial charge in [-0.05, 0) is 42.9 Å². The van der Waals surface area contributed by atoms with Gasteiger partial charge in [0.25, 0.3) is 0 Å². The van der Waals surface area contributed by atoms with Crippen LogP contribution < -0.4 is 5.32 Å². The number of alkyl halides is 3. The van der Waals surface area contributed by atoms with E-state index in [1.807, 2.05) is 13.0 Å². The van der Waals surface area contributed by atoms with Gasteiger partial charge in [0, 0.05) is 36.3 Å². The molecule has 0 unspecified atom stereocenters.